The third-order valence-corrected chi connectivity index (χ3v) is 9.09. The average Bonchev–Trinajstić information content (AvgIpc) is 3.50. The van der Waals surface area contributed by atoms with Gasteiger partial charge in [-0.3, -0.25) is 4.90 Å². The van der Waals surface area contributed by atoms with E-state index in [1.807, 2.05) is 18.2 Å². The predicted molar refractivity (Wildman–Crippen MR) is 159 cm³/mol. The van der Waals surface area contributed by atoms with E-state index in [1.165, 1.54) is 13.2 Å². The van der Waals surface area contributed by atoms with Gasteiger partial charge in [0.1, 0.15) is 11.6 Å². The zero-order valence-corrected chi connectivity index (χ0v) is 24.9. The molecule has 3 aromatic carbocycles. The van der Waals surface area contributed by atoms with Crippen LogP contribution in [0.3, 0.4) is 0 Å². The molecule has 4 heterocycles. The molecule has 3 aliphatic heterocycles. The van der Waals surface area contributed by atoms with Gasteiger partial charge in [-0.15, -0.1) is 0 Å². The van der Waals surface area contributed by atoms with Crippen molar-refractivity contribution in [1.82, 2.24) is 14.5 Å². The lowest BCUT2D eigenvalue weighted by Gasteiger charge is -2.33. The number of fused-ring (bicyclic) bond motifs is 2. The van der Waals surface area contributed by atoms with Gasteiger partial charge in [-0.05, 0) is 80.7 Å². The van der Waals surface area contributed by atoms with E-state index in [9.17, 15) is 9.18 Å². The molecule has 4 aromatic rings. The molecule has 0 saturated carbocycles. The van der Waals surface area contributed by atoms with Crippen LogP contribution in [0.5, 0.6) is 11.5 Å². The molecule has 1 aromatic heterocycles. The zero-order valence-electron chi connectivity index (χ0n) is 24.1. The number of benzene rings is 3. The molecule has 2 fully saturated rings. The topological polar surface area (TPSA) is 75.0 Å². The van der Waals surface area contributed by atoms with Crippen LogP contribution in [-0.4, -0.2) is 53.3 Å². The SMILES string of the molecule is COC(=O)c1ccc2c(c1)nc(CN1CCC(c3cccc4c3OC(C)(c3ccc(Cl)cc3F)O4)CC1)n2C[C@@H]1CCO1. The number of rotatable bonds is 7. The minimum absolute atomic E-state index is 0.177. The molecule has 10 heteroatoms. The van der Waals surface area contributed by atoms with Crippen molar-refractivity contribution in [3.63, 3.8) is 0 Å². The Morgan fingerprint density at radius 3 is 2.65 bits per heavy atom. The highest BCUT2D eigenvalue weighted by Crippen LogP contribution is 2.49. The van der Waals surface area contributed by atoms with Crippen LogP contribution in [0.25, 0.3) is 11.0 Å². The Balaban J connectivity index is 1.08. The van der Waals surface area contributed by atoms with Gasteiger partial charge >= 0.3 is 5.97 Å². The number of aromatic nitrogens is 2. The van der Waals surface area contributed by atoms with Crippen molar-refractivity contribution >= 4 is 28.6 Å². The monoisotopic (exact) mass is 605 g/mol. The first-order chi connectivity index (χ1) is 20.8. The number of hydrogen-bond acceptors (Lipinski definition) is 7. The number of ether oxygens (including phenoxy) is 4. The molecule has 43 heavy (non-hydrogen) atoms. The standard InChI is InChI=1S/C33H33ClFN3O5/c1-33(25-8-7-22(34)17-26(25)35)42-29-5-3-4-24(31(29)43-33)20-10-13-37(14-11-20)19-30-36-27-16-21(32(39)40-2)6-9-28(27)38(30)18-23-12-15-41-23/h3-9,16-17,20,23H,10-15,18-19H2,1-2H3/t23-,33?/m0/s1. The summed E-state index contributed by atoms with van der Waals surface area (Å²) < 4.78 is 40.3. The van der Waals surface area contributed by atoms with Crippen molar-refractivity contribution < 1.29 is 28.1 Å². The lowest BCUT2D eigenvalue weighted by Crippen LogP contribution is -2.35. The average molecular weight is 606 g/mol. The molecule has 8 nitrogen and oxygen atoms in total. The second-order valence-corrected chi connectivity index (χ2v) is 12.1. The van der Waals surface area contributed by atoms with Crippen molar-refractivity contribution in [3.8, 4) is 11.5 Å². The molecule has 1 unspecified atom stereocenters. The first-order valence-corrected chi connectivity index (χ1v) is 15.1. The van der Waals surface area contributed by atoms with Crippen molar-refractivity contribution in [1.29, 1.82) is 0 Å². The Hall–Kier alpha value is -3.66. The number of imidazole rings is 1. The third-order valence-electron chi connectivity index (χ3n) is 8.85. The van der Waals surface area contributed by atoms with Gasteiger partial charge in [-0.2, -0.15) is 0 Å². The number of esters is 1. The Bertz CT molecular complexity index is 1700. The van der Waals surface area contributed by atoms with E-state index in [4.69, 9.17) is 35.5 Å². The lowest BCUT2D eigenvalue weighted by molar-refractivity contribution is -0.0712. The maximum absolute atomic E-state index is 14.8. The van der Waals surface area contributed by atoms with Crippen LogP contribution in [0, 0.1) is 5.82 Å². The van der Waals surface area contributed by atoms with Gasteiger partial charge in [0.05, 0.1) is 48.5 Å². The van der Waals surface area contributed by atoms with Crippen LogP contribution in [0.15, 0.2) is 54.6 Å². The van der Waals surface area contributed by atoms with Gasteiger partial charge in [-0.25, -0.2) is 14.2 Å². The number of piperidine rings is 1. The molecule has 2 saturated heterocycles. The second kappa shape index (κ2) is 11.1. The number of likely N-dealkylation sites (tertiary alicyclic amines) is 1. The van der Waals surface area contributed by atoms with Gasteiger partial charge in [-0.1, -0.05) is 23.7 Å². The Morgan fingerprint density at radius 2 is 1.93 bits per heavy atom. The van der Waals surface area contributed by atoms with Crippen LogP contribution in [0.1, 0.15) is 59.4 Å². The molecule has 224 valence electrons. The van der Waals surface area contributed by atoms with E-state index in [2.05, 4.69) is 15.5 Å². The Kier molecular flexibility index (Phi) is 7.27. The first kappa shape index (κ1) is 28.1. The summed E-state index contributed by atoms with van der Waals surface area (Å²) in [7, 11) is 1.38. The zero-order chi connectivity index (χ0) is 29.7. The molecule has 0 spiro atoms. The minimum atomic E-state index is -1.27. The fourth-order valence-corrected chi connectivity index (χ4v) is 6.58. The number of nitrogens with zero attached hydrogens (tertiary/aromatic N) is 3. The van der Waals surface area contributed by atoms with Crippen molar-refractivity contribution in [2.24, 2.45) is 0 Å². The van der Waals surface area contributed by atoms with E-state index < -0.39 is 11.6 Å². The summed E-state index contributed by atoms with van der Waals surface area (Å²) in [6.07, 6.45) is 3.08. The maximum Gasteiger partial charge on any atom is 0.337 e. The highest BCUT2D eigenvalue weighted by Gasteiger charge is 2.43. The van der Waals surface area contributed by atoms with Crippen molar-refractivity contribution in [2.75, 3.05) is 26.8 Å². The number of carbonyl (C=O) groups is 1. The molecule has 0 bridgehead atoms. The van der Waals surface area contributed by atoms with Crippen molar-refractivity contribution in [2.45, 2.75) is 57.1 Å². The molecular weight excluding hydrogens is 573 g/mol. The molecule has 2 atom stereocenters. The maximum atomic E-state index is 14.8. The Labute approximate surface area is 254 Å². The molecule has 0 radical (unpaired) electrons. The number of methoxy groups -OCH3 is 1. The van der Waals surface area contributed by atoms with Crippen LogP contribution in [0.4, 0.5) is 4.39 Å². The number of halogens is 2. The quantitative estimate of drug-likeness (QED) is 0.225. The lowest BCUT2D eigenvalue weighted by atomic mass is 9.88. The van der Waals surface area contributed by atoms with Gasteiger partial charge in [0.2, 0.25) is 0 Å². The second-order valence-electron chi connectivity index (χ2n) is 11.6. The number of para-hydroxylation sites is 1. The van der Waals surface area contributed by atoms with E-state index in [0.717, 1.165) is 67.9 Å². The summed E-state index contributed by atoms with van der Waals surface area (Å²) in [5.41, 5.74) is 3.65. The number of carbonyl (C=O) groups excluding carboxylic acids is 1. The van der Waals surface area contributed by atoms with E-state index in [1.54, 1.807) is 31.2 Å². The van der Waals surface area contributed by atoms with E-state index >= 15 is 0 Å². The van der Waals surface area contributed by atoms with Crippen LogP contribution in [-0.2, 0) is 28.4 Å². The summed E-state index contributed by atoms with van der Waals surface area (Å²) >= 11 is 5.98. The fraction of sp³-hybridized carbons (Fsp3) is 0.394. The van der Waals surface area contributed by atoms with Crippen LogP contribution >= 0.6 is 11.6 Å². The van der Waals surface area contributed by atoms with Crippen LogP contribution in [0.2, 0.25) is 5.02 Å². The molecule has 0 N–H and O–H groups in total. The van der Waals surface area contributed by atoms with Gasteiger partial charge in [0, 0.05) is 24.1 Å². The van der Waals surface area contributed by atoms with E-state index in [-0.39, 0.29) is 18.0 Å². The molecular formula is C33H33ClFN3O5. The van der Waals surface area contributed by atoms with Crippen LogP contribution < -0.4 is 9.47 Å². The normalized spacial score (nSPS) is 22.1. The van der Waals surface area contributed by atoms with Gasteiger partial charge < -0.3 is 23.5 Å². The summed E-state index contributed by atoms with van der Waals surface area (Å²) in [5.74, 6) is 0.430. The summed E-state index contributed by atoms with van der Waals surface area (Å²) in [6.45, 7) is 5.73. The fourth-order valence-electron chi connectivity index (χ4n) is 6.42. The third kappa shape index (κ3) is 5.24. The predicted octanol–water partition coefficient (Wildman–Crippen LogP) is 6.43. The minimum Gasteiger partial charge on any atom is -0.465 e. The summed E-state index contributed by atoms with van der Waals surface area (Å²) in [6, 6.07) is 16.0. The first-order valence-electron chi connectivity index (χ1n) is 14.7. The molecule has 0 amide bonds. The summed E-state index contributed by atoms with van der Waals surface area (Å²) in [4.78, 5) is 19.5. The highest BCUT2D eigenvalue weighted by molar-refractivity contribution is 6.30. The molecule has 7 rings (SSSR count). The largest absolute Gasteiger partial charge is 0.465 e. The smallest absolute Gasteiger partial charge is 0.337 e. The number of hydrogen-bond donors (Lipinski definition) is 0. The van der Waals surface area contributed by atoms with Gasteiger partial charge in [0.25, 0.3) is 5.79 Å². The van der Waals surface area contributed by atoms with Gasteiger partial charge in [0.15, 0.2) is 11.5 Å². The van der Waals surface area contributed by atoms with Crippen molar-refractivity contribution in [3.05, 3.63) is 88.0 Å². The molecule has 0 aliphatic carbocycles. The Morgan fingerprint density at radius 1 is 1.12 bits per heavy atom. The highest BCUT2D eigenvalue weighted by atomic mass is 35.5. The van der Waals surface area contributed by atoms with E-state index in [0.29, 0.717) is 34.2 Å². The molecule has 3 aliphatic rings. The summed E-state index contributed by atoms with van der Waals surface area (Å²) in [5, 5.41) is 0.325.